The fraction of sp³-hybridized carbons (Fsp3) is 0.500. The van der Waals surface area contributed by atoms with E-state index >= 15 is 0 Å². The van der Waals surface area contributed by atoms with Crippen LogP contribution in [-0.2, 0) is 4.74 Å². The third-order valence-corrected chi connectivity index (χ3v) is 3.88. The maximum absolute atomic E-state index is 12.4. The average Bonchev–Trinajstić information content (AvgIpc) is 2.56. The van der Waals surface area contributed by atoms with Gasteiger partial charge in [0, 0.05) is 43.4 Å². The van der Waals surface area contributed by atoms with Gasteiger partial charge in [-0.1, -0.05) is 17.7 Å². The Kier molecular flexibility index (Phi) is 7.14. The first-order valence-electron chi connectivity index (χ1n) is 7.67. The Bertz CT molecular complexity index is 555. The number of morpholine rings is 1. The molecule has 1 N–H and O–H groups in total. The number of carbonyl (C=O) groups excluding carboxylic acids is 1. The van der Waals surface area contributed by atoms with Crippen LogP contribution in [0.1, 0.15) is 6.42 Å². The number of anilines is 1. The fourth-order valence-electron chi connectivity index (χ4n) is 2.36. The molecule has 124 valence electrons. The SMILES string of the molecule is N#CCCN(CCN1CCOCC1)C(=O)Nc1cccc(Cl)c1. The number of hydrogen-bond donors (Lipinski definition) is 1. The molecule has 1 heterocycles. The molecule has 2 rings (SSSR count). The van der Waals surface area contributed by atoms with Crippen LogP contribution in [0.3, 0.4) is 0 Å². The van der Waals surface area contributed by atoms with E-state index in [-0.39, 0.29) is 6.03 Å². The van der Waals surface area contributed by atoms with Gasteiger partial charge in [0.05, 0.1) is 25.7 Å². The van der Waals surface area contributed by atoms with Crippen molar-refractivity contribution in [1.29, 1.82) is 5.26 Å². The highest BCUT2D eigenvalue weighted by Gasteiger charge is 2.16. The van der Waals surface area contributed by atoms with Gasteiger partial charge < -0.3 is 15.0 Å². The van der Waals surface area contributed by atoms with E-state index in [9.17, 15) is 4.79 Å². The van der Waals surface area contributed by atoms with Crippen LogP contribution in [0.2, 0.25) is 5.02 Å². The van der Waals surface area contributed by atoms with Crippen molar-refractivity contribution >= 4 is 23.3 Å². The molecular weight excluding hydrogens is 316 g/mol. The molecule has 0 unspecified atom stereocenters. The summed E-state index contributed by atoms with van der Waals surface area (Å²) in [6, 6.07) is 8.90. The lowest BCUT2D eigenvalue weighted by Crippen LogP contribution is -2.44. The summed E-state index contributed by atoms with van der Waals surface area (Å²) in [5.41, 5.74) is 0.649. The van der Waals surface area contributed by atoms with Gasteiger partial charge in [-0.2, -0.15) is 5.26 Å². The molecule has 2 amide bonds. The molecule has 0 radical (unpaired) electrons. The standard InChI is InChI=1S/C16H21ClN4O2/c17-14-3-1-4-15(13-14)19-16(22)21(6-2-5-18)8-7-20-9-11-23-12-10-20/h1,3-4,13H,2,6-12H2,(H,19,22). The number of nitrogens with zero attached hydrogens (tertiary/aromatic N) is 3. The topological polar surface area (TPSA) is 68.6 Å². The van der Waals surface area contributed by atoms with E-state index < -0.39 is 0 Å². The monoisotopic (exact) mass is 336 g/mol. The van der Waals surface area contributed by atoms with Gasteiger partial charge in [-0.05, 0) is 18.2 Å². The van der Waals surface area contributed by atoms with Crippen LogP contribution in [0.15, 0.2) is 24.3 Å². The molecule has 1 aromatic carbocycles. The molecule has 1 aliphatic rings. The quantitative estimate of drug-likeness (QED) is 0.866. The number of halogens is 1. The third kappa shape index (κ3) is 6.06. The van der Waals surface area contributed by atoms with Crippen molar-refractivity contribution in [3.05, 3.63) is 29.3 Å². The minimum absolute atomic E-state index is 0.212. The summed E-state index contributed by atoms with van der Waals surface area (Å²) in [4.78, 5) is 16.3. The van der Waals surface area contributed by atoms with E-state index in [2.05, 4.69) is 16.3 Å². The number of nitrogens with one attached hydrogen (secondary N) is 1. The van der Waals surface area contributed by atoms with E-state index in [0.29, 0.717) is 30.2 Å². The lowest BCUT2D eigenvalue weighted by molar-refractivity contribution is 0.0352. The summed E-state index contributed by atoms with van der Waals surface area (Å²) < 4.78 is 5.32. The Labute approximate surface area is 141 Å². The van der Waals surface area contributed by atoms with Crippen LogP contribution in [-0.4, -0.2) is 61.8 Å². The highest BCUT2D eigenvalue weighted by Crippen LogP contribution is 2.15. The Hall–Kier alpha value is -1.81. The lowest BCUT2D eigenvalue weighted by Gasteiger charge is -2.29. The number of urea groups is 1. The summed E-state index contributed by atoms with van der Waals surface area (Å²) >= 11 is 5.93. The molecule has 6 nitrogen and oxygen atoms in total. The summed E-state index contributed by atoms with van der Waals surface area (Å²) in [6.07, 6.45) is 0.312. The van der Waals surface area contributed by atoms with Gasteiger partial charge in [0.15, 0.2) is 0 Å². The molecule has 1 aromatic rings. The summed E-state index contributed by atoms with van der Waals surface area (Å²) in [7, 11) is 0. The predicted octanol–water partition coefficient (Wildman–Crippen LogP) is 2.42. The number of benzene rings is 1. The molecule has 1 saturated heterocycles. The van der Waals surface area contributed by atoms with Crippen molar-refractivity contribution in [2.75, 3.05) is 51.3 Å². The average molecular weight is 337 g/mol. The molecule has 0 aliphatic carbocycles. The molecule has 0 spiro atoms. The second-order valence-electron chi connectivity index (χ2n) is 5.29. The highest BCUT2D eigenvalue weighted by atomic mass is 35.5. The Morgan fingerprint density at radius 3 is 2.87 bits per heavy atom. The van der Waals surface area contributed by atoms with Crippen LogP contribution in [0.25, 0.3) is 0 Å². The molecule has 0 bridgehead atoms. The zero-order valence-corrected chi connectivity index (χ0v) is 13.8. The Morgan fingerprint density at radius 1 is 1.39 bits per heavy atom. The summed E-state index contributed by atoms with van der Waals surface area (Å²) in [6.45, 7) is 4.98. The zero-order chi connectivity index (χ0) is 16.5. The molecule has 1 aliphatic heterocycles. The van der Waals surface area contributed by atoms with E-state index in [0.717, 1.165) is 32.8 Å². The smallest absolute Gasteiger partial charge is 0.321 e. The normalized spacial score (nSPS) is 15.0. The van der Waals surface area contributed by atoms with Crippen molar-refractivity contribution in [3.63, 3.8) is 0 Å². The number of rotatable bonds is 6. The second kappa shape index (κ2) is 9.36. The van der Waals surface area contributed by atoms with Crippen molar-refractivity contribution in [1.82, 2.24) is 9.80 Å². The number of hydrogen-bond acceptors (Lipinski definition) is 4. The second-order valence-corrected chi connectivity index (χ2v) is 5.73. The number of carbonyl (C=O) groups is 1. The van der Waals surface area contributed by atoms with Gasteiger partial charge in [-0.3, -0.25) is 4.90 Å². The van der Waals surface area contributed by atoms with Crippen LogP contribution in [0.4, 0.5) is 10.5 Å². The molecule has 1 fully saturated rings. The minimum Gasteiger partial charge on any atom is -0.379 e. The van der Waals surface area contributed by atoms with Crippen molar-refractivity contribution in [2.24, 2.45) is 0 Å². The van der Waals surface area contributed by atoms with Crippen LogP contribution in [0.5, 0.6) is 0 Å². The number of amides is 2. The van der Waals surface area contributed by atoms with Gasteiger partial charge in [-0.25, -0.2) is 4.79 Å². The van der Waals surface area contributed by atoms with Crippen LogP contribution in [0, 0.1) is 11.3 Å². The minimum atomic E-state index is -0.212. The maximum Gasteiger partial charge on any atom is 0.321 e. The molecule has 23 heavy (non-hydrogen) atoms. The maximum atomic E-state index is 12.4. The van der Waals surface area contributed by atoms with Crippen molar-refractivity contribution < 1.29 is 9.53 Å². The predicted molar refractivity (Wildman–Crippen MR) is 89.5 cm³/mol. The van der Waals surface area contributed by atoms with Crippen molar-refractivity contribution in [3.8, 4) is 6.07 Å². The Balaban J connectivity index is 1.90. The van der Waals surface area contributed by atoms with Gasteiger partial charge in [0.1, 0.15) is 0 Å². The first-order chi connectivity index (χ1) is 11.2. The molecule has 7 heteroatoms. The molecular formula is C16H21ClN4O2. The number of ether oxygens (including phenoxy) is 1. The zero-order valence-electron chi connectivity index (χ0n) is 13.0. The van der Waals surface area contributed by atoms with Crippen molar-refractivity contribution in [2.45, 2.75) is 6.42 Å². The fourth-order valence-corrected chi connectivity index (χ4v) is 2.55. The molecule has 0 saturated carbocycles. The van der Waals surface area contributed by atoms with Gasteiger partial charge >= 0.3 is 6.03 Å². The van der Waals surface area contributed by atoms with Crippen LogP contribution < -0.4 is 5.32 Å². The van der Waals surface area contributed by atoms with Gasteiger partial charge in [0.25, 0.3) is 0 Å². The number of nitriles is 1. The first-order valence-corrected chi connectivity index (χ1v) is 8.05. The summed E-state index contributed by atoms with van der Waals surface area (Å²) in [5.74, 6) is 0. The third-order valence-electron chi connectivity index (χ3n) is 3.65. The van der Waals surface area contributed by atoms with E-state index in [1.54, 1.807) is 29.2 Å². The van der Waals surface area contributed by atoms with Crippen LogP contribution >= 0.6 is 11.6 Å². The van der Waals surface area contributed by atoms with E-state index in [1.165, 1.54) is 0 Å². The van der Waals surface area contributed by atoms with Gasteiger partial charge in [-0.15, -0.1) is 0 Å². The van der Waals surface area contributed by atoms with E-state index in [4.69, 9.17) is 21.6 Å². The van der Waals surface area contributed by atoms with E-state index in [1.807, 2.05) is 0 Å². The highest BCUT2D eigenvalue weighted by molar-refractivity contribution is 6.30. The largest absolute Gasteiger partial charge is 0.379 e. The lowest BCUT2D eigenvalue weighted by atomic mass is 10.3. The molecule has 0 atom stereocenters. The molecule has 0 aromatic heterocycles. The first kappa shape index (κ1) is 17.5. The Morgan fingerprint density at radius 2 is 2.17 bits per heavy atom. The summed E-state index contributed by atoms with van der Waals surface area (Å²) in [5, 5.41) is 12.2. The van der Waals surface area contributed by atoms with Gasteiger partial charge in [0.2, 0.25) is 0 Å².